The Morgan fingerprint density at radius 1 is 1.10 bits per heavy atom. The number of amides is 3. The second-order valence-corrected chi connectivity index (χ2v) is 4.91. The molecule has 110 valence electrons. The highest BCUT2D eigenvalue weighted by Crippen LogP contribution is 2.23. The normalized spacial score (nSPS) is 14.9. The summed E-state index contributed by atoms with van der Waals surface area (Å²) < 4.78 is 4.70. The standard InChI is InChI=1S/C15H16N2O4/c1-9(10(2)8-21-15(16)20)7-17-13(18)11-5-3-4-6-12(11)14(17)19/h3-6H,7-8H2,1-2H3,(H2,16,20)/b10-9+. The zero-order valence-corrected chi connectivity index (χ0v) is 11.9. The van der Waals surface area contributed by atoms with E-state index in [0.717, 1.165) is 11.1 Å². The number of primary amides is 1. The quantitative estimate of drug-likeness (QED) is 0.674. The summed E-state index contributed by atoms with van der Waals surface area (Å²) in [6, 6.07) is 6.72. The van der Waals surface area contributed by atoms with Gasteiger partial charge in [0.15, 0.2) is 0 Å². The number of nitrogens with two attached hydrogens (primary N) is 1. The second kappa shape index (κ2) is 5.78. The maximum atomic E-state index is 12.2. The summed E-state index contributed by atoms with van der Waals surface area (Å²) in [5.74, 6) is -0.614. The average Bonchev–Trinajstić information content (AvgIpc) is 2.70. The second-order valence-electron chi connectivity index (χ2n) is 4.91. The minimum absolute atomic E-state index is 0.0460. The van der Waals surface area contributed by atoms with Crippen LogP contribution in [0, 0.1) is 0 Å². The number of carbonyl (C=O) groups excluding carboxylic acids is 3. The fraction of sp³-hybridized carbons (Fsp3) is 0.267. The topological polar surface area (TPSA) is 89.7 Å². The van der Waals surface area contributed by atoms with Crippen molar-refractivity contribution >= 4 is 17.9 Å². The van der Waals surface area contributed by atoms with Crippen LogP contribution >= 0.6 is 0 Å². The molecule has 3 amide bonds. The molecule has 0 saturated carbocycles. The number of fused-ring (bicyclic) bond motifs is 1. The lowest BCUT2D eigenvalue weighted by Gasteiger charge is -2.16. The lowest BCUT2D eigenvalue weighted by molar-refractivity contribution is 0.0667. The zero-order valence-electron chi connectivity index (χ0n) is 11.9. The van der Waals surface area contributed by atoms with E-state index in [4.69, 9.17) is 10.5 Å². The van der Waals surface area contributed by atoms with Crippen molar-refractivity contribution in [3.63, 3.8) is 0 Å². The maximum Gasteiger partial charge on any atom is 0.404 e. The fourth-order valence-corrected chi connectivity index (χ4v) is 2.06. The Morgan fingerprint density at radius 3 is 2.10 bits per heavy atom. The van der Waals surface area contributed by atoms with E-state index in [1.54, 1.807) is 38.1 Å². The molecule has 0 bridgehead atoms. The number of benzene rings is 1. The molecule has 0 saturated heterocycles. The van der Waals surface area contributed by atoms with Crippen molar-refractivity contribution in [1.82, 2.24) is 4.90 Å². The Labute approximate surface area is 122 Å². The van der Waals surface area contributed by atoms with Gasteiger partial charge in [0.25, 0.3) is 11.8 Å². The van der Waals surface area contributed by atoms with Gasteiger partial charge in [-0.2, -0.15) is 0 Å². The van der Waals surface area contributed by atoms with E-state index >= 15 is 0 Å². The molecular weight excluding hydrogens is 272 g/mol. The molecule has 1 aliphatic rings. The first-order valence-corrected chi connectivity index (χ1v) is 6.44. The molecule has 0 fully saturated rings. The number of nitrogens with zero attached hydrogens (tertiary/aromatic N) is 1. The van der Waals surface area contributed by atoms with Crippen molar-refractivity contribution < 1.29 is 19.1 Å². The Hall–Kier alpha value is -2.63. The van der Waals surface area contributed by atoms with Crippen molar-refractivity contribution in [3.05, 3.63) is 46.5 Å². The van der Waals surface area contributed by atoms with E-state index < -0.39 is 6.09 Å². The molecule has 1 aromatic rings. The monoisotopic (exact) mass is 288 g/mol. The number of hydrogen-bond acceptors (Lipinski definition) is 4. The molecule has 1 heterocycles. The molecule has 2 N–H and O–H groups in total. The molecule has 0 aliphatic carbocycles. The highest BCUT2D eigenvalue weighted by molar-refractivity contribution is 6.21. The third kappa shape index (κ3) is 2.94. The smallest absolute Gasteiger partial charge is 0.404 e. The predicted molar refractivity (Wildman–Crippen MR) is 75.7 cm³/mol. The van der Waals surface area contributed by atoms with Gasteiger partial charge in [0.05, 0.1) is 17.7 Å². The summed E-state index contributed by atoms with van der Waals surface area (Å²) in [7, 11) is 0. The highest BCUT2D eigenvalue weighted by Gasteiger charge is 2.35. The number of rotatable bonds is 4. The summed E-state index contributed by atoms with van der Waals surface area (Å²) >= 11 is 0. The van der Waals surface area contributed by atoms with Crippen LogP contribution in [-0.2, 0) is 4.74 Å². The van der Waals surface area contributed by atoms with Gasteiger partial charge in [-0.05, 0) is 31.6 Å². The molecule has 6 heteroatoms. The average molecular weight is 288 g/mol. The number of ether oxygens (including phenoxy) is 1. The highest BCUT2D eigenvalue weighted by atomic mass is 16.5. The van der Waals surface area contributed by atoms with Gasteiger partial charge in [0.2, 0.25) is 0 Å². The lowest BCUT2D eigenvalue weighted by atomic mass is 10.1. The van der Waals surface area contributed by atoms with E-state index in [0.29, 0.717) is 11.1 Å². The van der Waals surface area contributed by atoms with Crippen LogP contribution in [0.2, 0.25) is 0 Å². The van der Waals surface area contributed by atoms with Crippen LogP contribution in [0.15, 0.2) is 35.4 Å². The fourth-order valence-electron chi connectivity index (χ4n) is 2.06. The summed E-state index contributed by atoms with van der Waals surface area (Å²) in [5, 5.41) is 0. The number of imide groups is 1. The summed E-state index contributed by atoms with van der Waals surface area (Å²) in [6.45, 7) is 3.75. The van der Waals surface area contributed by atoms with Crippen molar-refractivity contribution in [2.75, 3.05) is 13.2 Å². The molecule has 0 spiro atoms. The molecule has 0 radical (unpaired) electrons. The van der Waals surface area contributed by atoms with Gasteiger partial charge >= 0.3 is 6.09 Å². The first kappa shape index (κ1) is 14.8. The lowest BCUT2D eigenvalue weighted by Crippen LogP contribution is -2.31. The number of carbonyl (C=O) groups is 3. The van der Waals surface area contributed by atoms with Gasteiger partial charge in [-0.1, -0.05) is 17.7 Å². The van der Waals surface area contributed by atoms with Crippen LogP contribution in [-0.4, -0.2) is 36.0 Å². The van der Waals surface area contributed by atoms with Crippen molar-refractivity contribution in [2.45, 2.75) is 13.8 Å². The van der Waals surface area contributed by atoms with Gasteiger partial charge in [-0.25, -0.2) is 4.79 Å². The summed E-state index contributed by atoms with van der Waals surface area (Å²) in [5.41, 5.74) is 7.28. The molecule has 2 rings (SSSR count). The predicted octanol–water partition coefficient (Wildman–Crippen LogP) is 1.71. The molecule has 1 aliphatic heterocycles. The molecule has 21 heavy (non-hydrogen) atoms. The van der Waals surface area contributed by atoms with Gasteiger partial charge in [0, 0.05) is 0 Å². The van der Waals surface area contributed by atoms with E-state index in [1.807, 2.05) is 0 Å². The van der Waals surface area contributed by atoms with E-state index in [1.165, 1.54) is 4.90 Å². The van der Waals surface area contributed by atoms with Gasteiger partial charge in [-0.15, -0.1) is 0 Å². The van der Waals surface area contributed by atoms with E-state index in [-0.39, 0.29) is 25.0 Å². The van der Waals surface area contributed by atoms with Crippen molar-refractivity contribution in [1.29, 1.82) is 0 Å². The van der Waals surface area contributed by atoms with Crippen molar-refractivity contribution in [2.24, 2.45) is 5.73 Å². The Kier molecular flexibility index (Phi) is 4.07. The van der Waals surface area contributed by atoms with Crippen LogP contribution in [0.1, 0.15) is 34.6 Å². The third-order valence-electron chi connectivity index (χ3n) is 3.43. The maximum absolute atomic E-state index is 12.2. The molecule has 0 aromatic heterocycles. The molecule has 1 aromatic carbocycles. The van der Waals surface area contributed by atoms with Crippen LogP contribution < -0.4 is 5.73 Å². The van der Waals surface area contributed by atoms with Gasteiger partial charge < -0.3 is 10.5 Å². The molecular formula is C15H16N2O4. The minimum Gasteiger partial charge on any atom is -0.445 e. The summed E-state index contributed by atoms with van der Waals surface area (Å²) in [4.78, 5) is 36.2. The molecule has 0 unspecified atom stereocenters. The minimum atomic E-state index is -0.858. The first-order chi connectivity index (χ1) is 9.91. The Bertz CT molecular complexity index is 614. The summed E-state index contributed by atoms with van der Waals surface area (Å²) in [6.07, 6.45) is -0.858. The Balaban J connectivity index is 2.14. The molecule has 6 nitrogen and oxygen atoms in total. The largest absolute Gasteiger partial charge is 0.445 e. The van der Waals surface area contributed by atoms with Crippen LogP contribution in [0.4, 0.5) is 4.79 Å². The van der Waals surface area contributed by atoms with Crippen molar-refractivity contribution in [3.8, 4) is 0 Å². The van der Waals surface area contributed by atoms with E-state index in [9.17, 15) is 14.4 Å². The van der Waals surface area contributed by atoms with Gasteiger partial charge in [-0.3, -0.25) is 14.5 Å². The van der Waals surface area contributed by atoms with E-state index in [2.05, 4.69) is 0 Å². The van der Waals surface area contributed by atoms with Gasteiger partial charge in [0.1, 0.15) is 6.61 Å². The Morgan fingerprint density at radius 2 is 1.62 bits per heavy atom. The number of hydrogen-bond donors (Lipinski definition) is 1. The zero-order chi connectivity index (χ0) is 15.6. The molecule has 0 atom stereocenters. The van der Waals surface area contributed by atoms with Crippen LogP contribution in [0.25, 0.3) is 0 Å². The van der Waals surface area contributed by atoms with Crippen LogP contribution in [0.3, 0.4) is 0 Å². The van der Waals surface area contributed by atoms with Crippen LogP contribution in [0.5, 0.6) is 0 Å². The first-order valence-electron chi connectivity index (χ1n) is 6.44. The third-order valence-corrected chi connectivity index (χ3v) is 3.43. The SMILES string of the molecule is C/C(COC(N)=O)=C(/C)CN1C(=O)c2ccccc2C1=O.